The van der Waals surface area contributed by atoms with Crippen molar-refractivity contribution >= 4 is 11.6 Å². The molecule has 160 valence electrons. The van der Waals surface area contributed by atoms with Crippen LogP contribution in [0.1, 0.15) is 12.0 Å². The van der Waals surface area contributed by atoms with Gasteiger partial charge in [-0.15, -0.1) is 0 Å². The van der Waals surface area contributed by atoms with E-state index in [4.69, 9.17) is 9.47 Å². The van der Waals surface area contributed by atoms with E-state index in [0.29, 0.717) is 23.1 Å². The second-order valence-electron chi connectivity index (χ2n) is 7.69. The van der Waals surface area contributed by atoms with Gasteiger partial charge in [0.1, 0.15) is 23.1 Å². The maximum Gasteiger partial charge on any atom is 0.241 e. The summed E-state index contributed by atoms with van der Waals surface area (Å²) in [5.41, 5.74) is 1.92. The summed E-state index contributed by atoms with van der Waals surface area (Å²) in [5.74, 6) is 2.06. The van der Waals surface area contributed by atoms with Crippen LogP contribution in [-0.2, 0) is 11.2 Å². The van der Waals surface area contributed by atoms with Crippen LogP contribution in [0.25, 0.3) is 0 Å². The number of rotatable bonds is 7. The quantitative estimate of drug-likeness (QED) is 0.577. The molecule has 3 aromatic rings. The average Bonchev–Trinajstić information content (AvgIpc) is 3.25. The standard InChI is InChI=1S/C25H25FN2O3/c1-30-23-4-2-3-17(14-23)13-18-15-24(27-16-18)25(29)28-20-7-11-22(12-8-20)31-21-9-5-19(26)6-10-21/h2-12,14,18,24,27H,13,15-16H2,1H3,(H,28,29). The van der Waals surface area contributed by atoms with Gasteiger partial charge in [0.2, 0.25) is 5.91 Å². The Labute approximate surface area is 181 Å². The first-order valence-corrected chi connectivity index (χ1v) is 10.3. The van der Waals surface area contributed by atoms with Crippen LogP contribution in [0.3, 0.4) is 0 Å². The fourth-order valence-corrected chi connectivity index (χ4v) is 3.77. The first-order valence-electron chi connectivity index (χ1n) is 10.3. The molecule has 1 saturated heterocycles. The molecule has 1 aliphatic rings. The molecule has 3 aromatic carbocycles. The van der Waals surface area contributed by atoms with Crippen LogP contribution >= 0.6 is 0 Å². The highest BCUT2D eigenvalue weighted by Crippen LogP contribution is 2.25. The summed E-state index contributed by atoms with van der Waals surface area (Å²) in [6.07, 6.45) is 1.69. The maximum atomic E-state index is 13.0. The SMILES string of the molecule is COc1cccc(CC2CNC(C(=O)Nc3ccc(Oc4ccc(F)cc4)cc3)C2)c1. The molecule has 1 aliphatic heterocycles. The number of methoxy groups -OCH3 is 1. The number of carbonyl (C=O) groups excluding carboxylic acids is 1. The zero-order valence-electron chi connectivity index (χ0n) is 17.3. The van der Waals surface area contributed by atoms with Gasteiger partial charge in [0.25, 0.3) is 0 Å². The highest BCUT2D eigenvalue weighted by molar-refractivity contribution is 5.95. The molecule has 2 atom stereocenters. The van der Waals surface area contributed by atoms with Crippen LogP contribution in [0.5, 0.6) is 17.2 Å². The van der Waals surface area contributed by atoms with E-state index < -0.39 is 0 Å². The predicted octanol–water partition coefficient (Wildman–Crippen LogP) is 4.79. The van der Waals surface area contributed by atoms with Gasteiger partial charge in [0.05, 0.1) is 13.2 Å². The van der Waals surface area contributed by atoms with E-state index >= 15 is 0 Å². The molecule has 2 N–H and O–H groups in total. The minimum Gasteiger partial charge on any atom is -0.497 e. The van der Waals surface area contributed by atoms with Crippen molar-refractivity contribution in [1.82, 2.24) is 5.32 Å². The Hall–Kier alpha value is -3.38. The molecule has 0 radical (unpaired) electrons. The van der Waals surface area contributed by atoms with Gasteiger partial charge >= 0.3 is 0 Å². The fourth-order valence-electron chi connectivity index (χ4n) is 3.77. The molecule has 0 aromatic heterocycles. The zero-order chi connectivity index (χ0) is 21.6. The third kappa shape index (κ3) is 5.61. The largest absolute Gasteiger partial charge is 0.497 e. The van der Waals surface area contributed by atoms with Crippen LogP contribution in [-0.4, -0.2) is 25.6 Å². The van der Waals surface area contributed by atoms with Crippen LogP contribution in [0.2, 0.25) is 0 Å². The van der Waals surface area contributed by atoms with Gasteiger partial charge in [-0.25, -0.2) is 4.39 Å². The van der Waals surface area contributed by atoms with E-state index in [0.717, 1.165) is 25.1 Å². The fraction of sp³-hybridized carbons (Fsp3) is 0.240. The van der Waals surface area contributed by atoms with Crippen molar-refractivity contribution in [3.63, 3.8) is 0 Å². The Morgan fingerprint density at radius 2 is 1.74 bits per heavy atom. The molecule has 5 nitrogen and oxygen atoms in total. The number of carbonyl (C=O) groups is 1. The lowest BCUT2D eigenvalue weighted by Gasteiger charge is -2.13. The molecule has 0 spiro atoms. The van der Waals surface area contributed by atoms with Crippen LogP contribution < -0.4 is 20.1 Å². The Bertz CT molecular complexity index is 1020. The number of ether oxygens (including phenoxy) is 2. The Kier molecular flexibility index (Phi) is 6.48. The lowest BCUT2D eigenvalue weighted by molar-refractivity contribution is -0.117. The van der Waals surface area contributed by atoms with Crippen LogP contribution in [0, 0.1) is 11.7 Å². The topological polar surface area (TPSA) is 59.6 Å². The van der Waals surface area contributed by atoms with E-state index in [1.807, 2.05) is 18.2 Å². The molecule has 1 amide bonds. The number of benzene rings is 3. The van der Waals surface area contributed by atoms with Gasteiger partial charge in [0, 0.05) is 5.69 Å². The number of hydrogen-bond donors (Lipinski definition) is 2. The average molecular weight is 420 g/mol. The number of nitrogens with one attached hydrogen (secondary N) is 2. The minimum atomic E-state index is -0.309. The van der Waals surface area contributed by atoms with Crippen LogP contribution in [0.4, 0.5) is 10.1 Å². The highest BCUT2D eigenvalue weighted by atomic mass is 19.1. The molecule has 1 fully saturated rings. The summed E-state index contributed by atoms with van der Waals surface area (Å²) in [5, 5.41) is 6.28. The van der Waals surface area contributed by atoms with Crippen molar-refractivity contribution in [3.05, 3.63) is 84.2 Å². The number of amides is 1. The molecular formula is C25H25FN2O3. The summed E-state index contributed by atoms with van der Waals surface area (Å²) < 4.78 is 24.0. The van der Waals surface area contributed by atoms with Gasteiger partial charge in [0.15, 0.2) is 0 Å². The second-order valence-corrected chi connectivity index (χ2v) is 7.69. The van der Waals surface area contributed by atoms with Crippen molar-refractivity contribution < 1.29 is 18.7 Å². The third-order valence-electron chi connectivity index (χ3n) is 5.37. The summed E-state index contributed by atoms with van der Waals surface area (Å²) in [6.45, 7) is 0.805. The van der Waals surface area contributed by atoms with Crippen molar-refractivity contribution in [2.75, 3.05) is 19.0 Å². The monoisotopic (exact) mass is 420 g/mol. The van der Waals surface area contributed by atoms with Crippen LogP contribution in [0.15, 0.2) is 72.8 Å². The Morgan fingerprint density at radius 1 is 1.03 bits per heavy atom. The van der Waals surface area contributed by atoms with Crippen molar-refractivity contribution in [2.24, 2.45) is 5.92 Å². The summed E-state index contributed by atoms with van der Waals surface area (Å²) >= 11 is 0. The lowest BCUT2D eigenvalue weighted by atomic mass is 9.96. The molecule has 1 heterocycles. The summed E-state index contributed by atoms with van der Waals surface area (Å²) in [7, 11) is 1.66. The highest BCUT2D eigenvalue weighted by Gasteiger charge is 2.29. The summed E-state index contributed by atoms with van der Waals surface area (Å²) in [4.78, 5) is 12.7. The molecule has 4 rings (SSSR count). The Balaban J connectivity index is 1.28. The first kappa shape index (κ1) is 20.9. The number of anilines is 1. The van der Waals surface area contributed by atoms with Gasteiger partial charge in [-0.2, -0.15) is 0 Å². The molecule has 0 aliphatic carbocycles. The maximum absolute atomic E-state index is 13.0. The molecule has 0 saturated carbocycles. The smallest absolute Gasteiger partial charge is 0.241 e. The van der Waals surface area contributed by atoms with Gasteiger partial charge in [-0.3, -0.25) is 4.79 Å². The molecule has 2 unspecified atom stereocenters. The second kappa shape index (κ2) is 9.62. The summed E-state index contributed by atoms with van der Waals surface area (Å²) in [6, 6.07) is 20.8. The predicted molar refractivity (Wildman–Crippen MR) is 118 cm³/mol. The van der Waals surface area contributed by atoms with E-state index in [2.05, 4.69) is 16.7 Å². The molecule has 0 bridgehead atoms. The van der Waals surface area contributed by atoms with Crippen molar-refractivity contribution in [3.8, 4) is 17.2 Å². The molecule has 6 heteroatoms. The normalized spacial score (nSPS) is 17.9. The van der Waals surface area contributed by atoms with Crippen molar-refractivity contribution in [2.45, 2.75) is 18.9 Å². The first-order chi connectivity index (χ1) is 15.1. The third-order valence-corrected chi connectivity index (χ3v) is 5.37. The number of halogens is 1. The lowest BCUT2D eigenvalue weighted by Crippen LogP contribution is -2.35. The molecule has 31 heavy (non-hydrogen) atoms. The Morgan fingerprint density at radius 3 is 2.45 bits per heavy atom. The van der Waals surface area contributed by atoms with E-state index in [1.54, 1.807) is 43.5 Å². The van der Waals surface area contributed by atoms with Gasteiger partial charge in [-0.05, 0) is 91.5 Å². The van der Waals surface area contributed by atoms with Gasteiger partial charge in [-0.1, -0.05) is 12.1 Å². The zero-order valence-corrected chi connectivity index (χ0v) is 17.3. The van der Waals surface area contributed by atoms with E-state index in [-0.39, 0.29) is 17.8 Å². The van der Waals surface area contributed by atoms with Crippen molar-refractivity contribution in [1.29, 1.82) is 0 Å². The number of hydrogen-bond acceptors (Lipinski definition) is 4. The van der Waals surface area contributed by atoms with Gasteiger partial charge < -0.3 is 20.1 Å². The van der Waals surface area contributed by atoms with E-state index in [9.17, 15) is 9.18 Å². The minimum absolute atomic E-state index is 0.0413. The molecular weight excluding hydrogens is 395 g/mol. The van der Waals surface area contributed by atoms with E-state index in [1.165, 1.54) is 17.7 Å².